The van der Waals surface area contributed by atoms with Crippen LogP contribution in [0.15, 0.2) is 62.8 Å². The van der Waals surface area contributed by atoms with Crippen molar-refractivity contribution in [3.05, 3.63) is 84.9 Å². The minimum atomic E-state index is -0.556. The van der Waals surface area contributed by atoms with E-state index in [0.29, 0.717) is 37.9 Å². The van der Waals surface area contributed by atoms with E-state index in [2.05, 4.69) is 10.3 Å². The molecule has 0 atom stereocenters. The minimum absolute atomic E-state index is 0.0448. The molecule has 2 aromatic carbocycles. The summed E-state index contributed by atoms with van der Waals surface area (Å²) in [5, 5.41) is 14.9. The zero-order valence-corrected chi connectivity index (χ0v) is 18.2. The summed E-state index contributed by atoms with van der Waals surface area (Å²) in [6.45, 7) is 1.89. The van der Waals surface area contributed by atoms with Gasteiger partial charge in [-0.15, -0.1) is 0 Å². The smallest absolute Gasteiger partial charge is 0.288 e. The fourth-order valence-corrected chi connectivity index (χ4v) is 3.95. The molecule has 10 heteroatoms. The number of nitrogens with one attached hydrogen (secondary N) is 1. The fraction of sp³-hybridized carbons (Fsp3) is 0.0476. The molecular formula is C21H13Cl2N3O4S. The SMILES string of the molecule is Cc1ccc(N=C2NC(=O)/C(=C/c3ccc(-c4ccc(Cl)c([N+](=O)[O-])c4)o3)S2)cc1Cl. The molecule has 1 N–H and O–H groups in total. The van der Waals surface area contributed by atoms with E-state index < -0.39 is 4.92 Å². The largest absolute Gasteiger partial charge is 0.457 e. The maximum absolute atomic E-state index is 12.3. The number of hydrogen-bond acceptors (Lipinski definition) is 6. The number of nitro groups is 1. The second-order valence-electron chi connectivity index (χ2n) is 6.54. The van der Waals surface area contributed by atoms with Crippen LogP contribution in [0.2, 0.25) is 10.0 Å². The average molecular weight is 474 g/mol. The molecular weight excluding hydrogens is 461 g/mol. The lowest BCUT2D eigenvalue weighted by molar-refractivity contribution is -0.384. The van der Waals surface area contributed by atoms with Crippen LogP contribution < -0.4 is 5.32 Å². The van der Waals surface area contributed by atoms with Crippen molar-refractivity contribution >= 4 is 63.5 Å². The molecule has 7 nitrogen and oxygen atoms in total. The summed E-state index contributed by atoms with van der Waals surface area (Å²) in [4.78, 5) is 27.6. The Labute approximate surface area is 190 Å². The van der Waals surface area contributed by atoms with Crippen molar-refractivity contribution < 1.29 is 14.1 Å². The Hall–Kier alpha value is -3.07. The third-order valence-electron chi connectivity index (χ3n) is 4.36. The number of rotatable bonds is 4. The standard InChI is InChI=1S/C21H13Cl2N3O4S/c1-11-2-4-13(9-16(11)23)24-21-25-20(27)19(31-21)10-14-5-7-18(30-14)12-3-6-15(22)17(8-12)26(28)29/h2-10H,1H3,(H,24,25,27)/b19-10-. The first kappa shape index (κ1) is 21.2. The molecule has 0 bridgehead atoms. The number of thioether (sulfide) groups is 1. The molecule has 31 heavy (non-hydrogen) atoms. The number of halogens is 2. The fourth-order valence-electron chi connectivity index (χ4n) is 2.77. The van der Waals surface area contributed by atoms with Gasteiger partial charge in [0.05, 0.1) is 15.5 Å². The van der Waals surface area contributed by atoms with Gasteiger partial charge < -0.3 is 9.73 Å². The molecule has 0 aliphatic carbocycles. The van der Waals surface area contributed by atoms with Crippen molar-refractivity contribution in [1.29, 1.82) is 0 Å². The summed E-state index contributed by atoms with van der Waals surface area (Å²) >= 11 is 13.1. The van der Waals surface area contributed by atoms with Crippen LogP contribution >= 0.6 is 35.0 Å². The van der Waals surface area contributed by atoms with E-state index in [1.165, 1.54) is 23.9 Å². The number of amidine groups is 1. The monoisotopic (exact) mass is 473 g/mol. The first-order valence-electron chi connectivity index (χ1n) is 8.90. The van der Waals surface area contributed by atoms with Crippen LogP contribution in [0, 0.1) is 17.0 Å². The molecule has 0 saturated carbocycles. The van der Waals surface area contributed by atoms with E-state index in [1.807, 2.05) is 19.1 Å². The highest BCUT2D eigenvalue weighted by Gasteiger charge is 2.24. The normalized spacial score (nSPS) is 16.2. The quantitative estimate of drug-likeness (QED) is 0.270. The second-order valence-corrected chi connectivity index (χ2v) is 8.39. The summed E-state index contributed by atoms with van der Waals surface area (Å²) in [5.41, 5.74) is 1.86. The minimum Gasteiger partial charge on any atom is -0.457 e. The van der Waals surface area contributed by atoms with Crippen LogP contribution in [-0.2, 0) is 4.79 Å². The van der Waals surface area contributed by atoms with E-state index in [9.17, 15) is 14.9 Å². The Balaban J connectivity index is 1.56. The van der Waals surface area contributed by atoms with Crippen molar-refractivity contribution in [2.24, 2.45) is 4.99 Å². The number of benzene rings is 2. The lowest BCUT2D eigenvalue weighted by Crippen LogP contribution is -2.19. The zero-order chi connectivity index (χ0) is 22.1. The van der Waals surface area contributed by atoms with E-state index in [1.54, 1.807) is 30.3 Å². The highest BCUT2D eigenvalue weighted by molar-refractivity contribution is 8.18. The number of carbonyl (C=O) groups is 1. The Morgan fingerprint density at radius 3 is 2.68 bits per heavy atom. The summed E-state index contributed by atoms with van der Waals surface area (Å²) in [5.74, 6) is 0.533. The maximum atomic E-state index is 12.3. The molecule has 0 spiro atoms. The molecule has 1 fully saturated rings. The van der Waals surface area contributed by atoms with Gasteiger partial charge in [0, 0.05) is 22.7 Å². The molecule has 0 radical (unpaired) electrons. The highest BCUT2D eigenvalue weighted by Crippen LogP contribution is 2.33. The first-order valence-corrected chi connectivity index (χ1v) is 10.5. The molecule has 1 aliphatic heterocycles. The maximum Gasteiger partial charge on any atom is 0.288 e. The number of nitrogens with zero attached hydrogens (tertiary/aromatic N) is 2. The Morgan fingerprint density at radius 2 is 1.94 bits per heavy atom. The van der Waals surface area contributed by atoms with Crippen molar-refractivity contribution in [2.75, 3.05) is 0 Å². The van der Waals surface area contributed by atoms with Gasteiger partial charge in [0.25, 0.3) is 11.6 Å². The van der Waals surface area contributed by atoms with Crippen molar-refractivity contribution in [2.45, 2.75) is 6.92 Å². The number of aryl methyl sites for hydroxylation is 1. The number of carbonyl (C=O) groups excluding carboxylic acids is 1. The molecule has 1 aromatic heterocycles. The van der Waals surface area contributed by atoms with Gasteiger partial charge in [-0.05, 0) is 60.6 Å². The van der Waals surface area contributed by atoms with E-state index in [4.69, 9.17) is 27.6 Å². The van der Waals surface area contributed by atoms with E-state index in [-0.39, 0.29) is 16.6 Å². The molecule has 3 aromatic rings. The van der Waals surface area contributed by atoms with Gasteiger partial charge in [0.15, 0.2) is 5.17 Å². The molecule has 0 unspecified atom stereocenters. The van der Waals surface area contributed by atoms with Crippen LogP contribution in [0.3, 0.4) is 0 Å². The van der Waals surface area contributed by atoms with E-state index >= 15 is 0 Å². The predicted molar refractivity (Wildman–Crippen MR) is 123 cm³/mol. The summed E-state index contributed by atoms with van der Waals surface area (Å²) in [6, 6.07) is 13.1. The van der Waals surface area contributed by atoms with Crippen LogP contribution in [0.4, 0.5) is 11.4 Å². The van der Waals surface area contributed by atoms with Gasteiger partial charge in [-0.25, -0.2) is 4.99 Å². The van der Waals surface area contributed by atoms with Crippen LogP contribution in [0.25, 0.3) is 17.4 Å². The number of nitro benzene ring substituents is 1. The van der Waals surface area contributed by atoms with Crippen LogP contribution in [0.5, 0.6) is 0 Å². The molecule has 156 valence electrons. The third-order valence-corrected chi connectivity index (χ3v) is 6.00. The lowest BCUT2D eigenvalue weighted by Gasteiger charge is -2.00. The number of furan rings is 1. The molecule has 2 heterocycles. The zero-order valence-electron chi connectivity index (χ0n) is 15.9. The Morgan fingerprint density at radius 1 is 1.13 bits per heavy atom. The molecule has 1 amide bonds. The van der Waals surface area contributed by atoms with Gasteiger partial charge in [-0.1, -0.05) is 29.3 Å². The second kappa shape index (κ2) is 8.58. The highest BCUT2D eigenvalue weighted by atomic mass is 35.5. The third kappa shape index (κ3) is 4.66. The van der Waals surface area contributed by atoms with Gasteiger partial charge in [0.1, 0.15) is 16.5 Å². The number of aliphatic imine (C=N–C) groups is 1. The van der Waals surface area contributed by atoms with Crippen molar-refractivity contribution in [3.8, 4) is 11.3 Å². The van der Waals surface area contributed by atoms with E-state index in [0.717, 1.165) is 5.56 Å². The molecule has 1 aliphatic rings. The van der Waals surface area contributed by atoms with Gasteiger partial charge in [-0.2, -0.15) is 0 Å². The topological polar surface area (TPSA) is 97.7 Å². The molecule has 4 rings (SSSR count). The van der Waals surface area contributed by atoms with Crippen molar-refractivity contribution in [1.82, 2.24) is 5.32 Å². The van der Waals surface area contributed by atoms with Crippen LogP contribution in [0.1, 0.15) is 11.3 Å². The Kier molecular flexibility index (Phi) is 5.86. The van der Waals surface area contributed by atoms with Gasteiger partial charge >= 0.3 is 0 Å². The van der Waals surface area contributed by atoms with Gasteiger partial charge in [-0.3, -0.25) is 14.9 Å². The van der Waals surface area contributed by atoms with Crippen molar-refractivity contribution in [3.63, 3.8) is 0 Å². The molecule has 1 saturated heterocycles. The summed E-state index contributed by atoms with van der Waals surface area (Å²) in [6.07, 6.45) is 1.58. The Bertz CT molecular complexity index is 1280. The van der Waals surface area contributed by atoms with Gasteiger partial charge in [0.2, 0.25) is 0 Å². The van der Waals surface area contributed by atoms with Crippen LogP contribution in [-0.4, -0.2) is 16.0 Å². The average Bonchev–Trinajstić information content (AvgIpc) is 3.32. The number of hydrogen-bond donors (Lipinski definition) is 1. The predicted octanol–water partition coefficient (Wildman–Crippen LogP) is 6.36. The summed E-state index contributed by atoms with van der Waals surface area (Å²) < 4.78 is 5.74. The first-order chi connectivity index (χ1) is 14.8. The number of amides is 1. The lowest BCUT2D eigenvalue weighted by atomic mass is 10.1. The summed E-state index contributed by atoms with van der Waals surface area (Å²) in [7, 11) is 0.